The zero-order valence-corrected chi connectivity index (χ0v) is 16.0. The number of benzene rings is 1. The third-order valence-corrected chi connectivity index (χ3v) is 2.16. The Hall–Kier alpha value is -1.52. The second kappa shape index (κ2) is 19.5. The van der Waals surface area contributed by atoms with Gasteiger partial charge in [-0.15, -0.1) is 11.8 Å². The fourth-order valence-corrected chi connectivity index (χ4v) is 0.941. The SMILES string of the molecule is CC.CC#CC.CC(C)=C/C=C(\C)F.Cc1ccc(Cl)cc1. The minimum absolute atomic E-state index is 0.147. The number of allylic oxidation sites excluding steroid dienone is 4. The third kappa shape index (κ3) is 26.9. The van der Waals surface area contributed by atoms with Gasteiger partial charge in [-0.1, -0.05) is 54.8 Å². The molecule has 0 N–H and O–H groups in total. The summed E-state index contributed by atoms with van der Waals surface area (Å²) in [5.41, 5.74) is 2.36. The van der Waals surface area contributed by atoms with E-state index < -0.39 is 0 Å². The highest BCUT2D eigenvalue weighted by Crippen LogP contribution is 2.07. The Morgan fingerprint density at radius 1 is 0.955 bits per heavy atom. The minimum Gasteiger partial charge on any atom is -0.212 e. The van der Waals surface area contributed by atoms with Gasteiger partial charge in [0.1, 0.15) is 0 Å². The van der Waals surface area contributed by atoms with Crippen LogP contribution >= 0.6 is 11.6 Å². The molecule has 0 aliphatic carbocycles. The lowest BCUT2D eigenvalue weighted by Gasteiger charge is -1.88. The van der Waals surface area contributed by atoms with Crippen molar-refractivity contribution in [2.45, 2.75) is 55.4 Å². The molecule has 0 aliphatic rings. The molecule has 0 saturated heterocycles. The van der Waals surface area contributed by atoms with Crippen molar-refractivity contribution in [1.82, 2.24) is 0 Å². The Morgan fingerprint density at radius 3 is 1.55 bits per heavy atom. The highest BCUT2D eigenvalue weighted by Gasteiger charge is 1.81. The summed E-state index contributed by atoms with van der Waals surface area (Å²) in [7, 11) is 0. The lowest BCUT2D eigenvalue weighted by molar-refractivity contribution is 0.640. The van der Waals surface area contributed by atoms with Crippen LogP contribution in [0.25, 0.3) is 0 Å². The van der Waals surface area contributed by atoms with Gasteiger partial charge in [-0.3, -0.25) is 0 Å². The number of halogens is 2. The van der Waals surface area contributed by atoms with Crippen LogP contribution in [0.1, 0.15) is 54.0 Å². The first-order valence-corrected chi connectivity index (χ1v) is 7.74. The zero-order chi connectivity index (χ0) is 18.0. The first-order chi connectivity index (χ1) is 10.3. The van der Waals surface area contributed by atoms with Crippen LogP contribution in [0, 0.1) is 18.8 Å². The predicted octanol–water partition coefficient (Wildman–Crippen LogP) is 7.53. The molecule has 1 aromatic rings. The summed E-state index contributed by atoms with van der Waals surface area (Å²) in [6.07, 6.45) is 3.20. The van der Waals surface area contributed by atoms with E-state index in [1.165, 1.54) is 18.6 Å². The van der Waals surface area contributed by atoms with E-state index in [1.54, 1.807) is 6.08 Å². The maximum Gasteiger partial charge on any atom is 0.0968 e. The van der Waals surface area contributed by atoms with Gasteiger partial charge in [-0.05, 0) is 59.8 Å². The molecule has 0 unspecified atom stereocenters. The lowest BCUT2D eigenvalue weighted by atomic mass is 10.2. The molecule has 0 bridgehead atoms. The number of aryl methyl sites for hydroxylation is 1. The molecular weight excluding hydrogens is 295 g/mol. The largest absolute Gasteiger partial charge is 0.212 e. The van der Waals surface area contributed by atoms with Gasteiger partial charge in [0, 0.05) is 5.02 Å². The lowest BCUT2D eigenvalue weighted by Crippen LogP contribution is -1.66. The summed E-state index contributed by atoms with van der Waals surface area (Å²) in [4.78, 5) is 0. The van der Waals surface area contributed by atoms with Crippen LogP contribution in [-0.4, -0.2) is 0 Å². The van der Waals surface area contributed by atoms with Crippen molar-refractivity contribution in [3.8, 4) is 11.8 Å². The van der Waals surface area contributed by atoms with Crippen LogP contribution in [0.5, 0.6) is 0 Å². The molecule has 0 aromatic heterocycles. The van der Waals surface area contributed by atoms with Crippen molar-refractivity contribution in [2.75, 3.05) is 0 Å². The van der Waals surface area contributed by atoms with Gasteiger partial charge in [-0.25, -0.2) is 4.39 Å². The summed E-state index contributed by atoms with van der Waals surface area (Å²) in [5.74, 6) is 5.21. The van der Waals surface area contributed by atoms with Crippen molar-refractivity contribution in [3.63, 3.8) is 0 Å². The van der Waals surface area contributed by atoms with Crippen LogP contribution < -0.4 is 0 Å². The first-order valence-electron chi connectivity index (χ1n) is 7.36. The minimum atomic E-state index is -0.147. The van der Waals surface area contributed by atoms with Crippen molar-refractivity contribution in [1.29, 1.82) is 0 Å². The van der Waals surface area contributed by atoms with E-state index in [1.807, 2.05) is 72.7 Å². The van der Waals surface area contributed by atoms with Gasteiger partial charge < -0.3 is 0 Å². The fraction of sp³-hybridized carbons (Fsp3) is 0.400. The second-order valence-electron chi connectivity index (χ2n) is 4.29. The molecule has 0 nitrogen and oxygen atoms in total. The van der Waals surface area contributed by atoms with E-state index in [2.05, 4.69) is 11.8 Å². The summed E-state index contributed by atoms with van der Waals surface area (Å²) in [6, 6.07) is 7.75. The second-order valence-corrected chi connectivity index (χ2v) is 4.73. The van der Waals surface area contributed by atoms with Crippen LogP contribution in [0.3, 0.4) is 0 Å². The first kappa shape index (κ1) is 25.4. The molecule has 2 heteroatoms. The Balaban J connectivity index is -0.000000245. The van der Waals surface area contributed by atoms with E-state index in [-0.39, 0.29) is 5.83 Å². The quantitative estimate of drug-likeness (QED) is 0.370. The zero-order valence-electron chi connectivity index (χ0n) is 15.2. The predicted molar refractivity (Wildman–Crippen MR) is 101 cm³/mol. The van der Waals surface area contributed by atoms with Crippen molar-refractivity contribution >= 4 is 11.6 Å². The van der Waals surface area contributed by atoms with Gasteiger partial charge in [0.25, 0.3) is 0 Å². The van der Waals surface area contributed by atoms with Crippen LogP contribution in [0.2, 0.25) is 5.02 Å². The van der Waals surface area contributed by atoms with E-state index in [4.69, 9.17) is 11.6 Å². The Kier molecular flexibility index (Phi) is 22.5. The molecular formula is C20H30ClF. The van der Waals surface area contributed by atoms with Crippen LogP contribution in [-0.2, 0) is 0 Å². The number of hydrogen-bond donors (Lipinski definition) is 0. The molecule has 0 spiro atoms. The summed E-state index contributed by atoms with van der Waals surface area (Å²) in [5, 5.41) is 0.801. The smallest absolute Gasteiger partial charge is 0.0968 e. The van der Waals surface area contributed by atoms with Gasteiger partial charge in [0.05, 0.1) is 5.83 Å². The Morgan fingerprint density at radius 2 is 1.36 bits per heavy atom. The van der Waals surface area contributed by atoms with Gasteiger partial charge in [0.2, 0.25) is 0 Å². The Labute approximate surface area is 142 Å². The van der Waals surface area contributed by atoms with Crippen LogP contribution in [0.15, 0.2) is 47.8 Å². The van der Waals surface area contributed by atoms with E-state index in [9.17, 15) is 4.39 Å². The van der Waals surface area contributed by atoms with Crippen molar-refractivity contribution in [3.05, 3.63) is 58.4 Å². The highest BCUT2D eigenvalue weighted by atomic mass is 35.5. The summed E-state index contributed by atoms with van der Waals surface area (Å²) in [6.45, 7) is 15.0. The van der Waals surface area contributed by atoms with Gasteiger partial charge in [0.15, 0.2) is 0 Å². The molecule has 124 valence electrons. The molecule has 0 heterocycles. The van der Waals surface area contributed by atoms with Gasteiger partial charge >= 0.3 is 0 Å². The topological polar surface area (TPSA) is 0 Å². The monoisotopic (exact) mass is 324 g/mol. The molecule has 0 radical (unpaired) electrons. The maximum atomic E-state index is 11.9. The summed E-state index contributed by atoms with van der Waals surface area (Å²) < 4.78 is 11.9. The van der Waals surface area contributed by atoms with Crippen molar-refractivity contribution in [2.24, 2.45) is 0 Å². The van der Waals surface area contributed by atoms with Gasteiger partial charge in [-0.2, -0.15) is 0 Å². The maximum absolute atomic E-state index is 11.9. The molecule has 0 aliphatic heterocycles. The third-order valence-electron chi connectivity index (χ3n) is 1.91. The molecule has 0 amide bonds. The molecule has 1 rings (SSSR count). The standard InChI is InChI=1S/C7H7Cl.C7H11F.C4H6.C2H6/c1-6-2-4-7(8)5-3-6;1-6(2)4-5-7(3)8;1-3-4-2;1-2/h2-5H,1H3;4-5H,1-3H3;1-2H3;1-2H3/b;7-5+;;. The average molecular weight is 325 g/mol. The Bertz CT molecular complexity index is 420. The summed E-state index contributed by atoms with van der Waals surface area (Å²) >= 11 is 5.61. The van der Waals surface area contributed by atoms with E-state index in [0.29, 0.717) is 0 Å². The average Bonchev–Trinajstić information content (AvgIpc) is 2.51. The van der Waals surface area contributed by atoms with E-state index in [0.717, 1.165) is 10.6 Å². The van der Waals surface area contributed by atoms with E-state index >= 15 is 0 Å². The fourth-order valence-electron chi connectivity index (χ4n) is 0.815. The molecule has 0 fully saturated rings. The normalized spacial score (nSPS) is 8.36. The number of rotatable bonds is 1. The number of hydrogen-bond acceptors (Lipinski definition) is 0. The van der Waals surface area contributed by atoms with Crippen molar-refractivity contribution < 1.29 is 4.39 Å². The molecule has 22 heavy (non-hydrogen) atoms. The molecule has 1 aromatic carbocycles. The molecule has 0 atom stereocenters. The highest BCUT2D eigenvalue weighted by molar-refractivity contribution is 6.30. The molecule has 0 saturated carbocycles. The van der Waals surface area contributed by atoms with Crippen LogP contribution in [0.4, 0.5) is 4.39 Å².